The normalized spacial score (nSPS) is 10.2. The van der Waals surface area contributed by atoms with Gasteiger partial charge >= 0.3 is 5.97 Å². The minimum Gasteiger partial charge on any atom is -0.465 e. The predicted molar refractivity (Wildman–Crippen MR) is 76.9 cm³/mol. The zero-order chi connectivity index (χ0) is 14.7. The first kappa shape index (κ1) is 14.1. The van der Waals surface area contributed by atoms with Crippen LogP contribution in [0, 0.1) is 5.82 Å². The molecule has 2 aromatic carbocycles. The lowest BCUT2D eigenvalue weighted by molar-refractivity contribution is 0.0602. The van der Waals surface area contributed by atoms with E-state index in [0.717, 1.165) is 0 Å². The molecule has 2 aromatic rings. The number of halogens is 2. The summed E-state index contributed by atoms with van der Waals surface area (Å²) in [6.45, 7) is 0. The van der Waals surface area contributed by atoms with Gasteiger partial charge in [-0.25, -0.2) is 9.18 Å². The van der Waals surface area contributed by atoms with Crippen molar-refractivity contribution >= 4 is 34.6 Å². The number of nitrogen functional groups attached to an aromatic ring is 1. The molecule has 0 amide bonds. The topological polar surface area (TPSA) is 64.3 Å². The van der Waals surface area contributed by atoms with Crippen LogP contribution in [0.2, 0.25) is 5.02 Å². The molecule has 0 radical (unpaired) electrons. The number of methoxy groups -OCH3 is 1. The van der Waals surface area contributed by atoms with Gasteiger partial charge in [0, 0.05) is 10.7 Å². The van der Waals surface area contributed by atoms with Gasteiger partial charge in [0.2, 0.25) is 0 Å². The number of hydrogen-bond acceptors (Lipinski definition) is 4. The first-order valence-electron chi connectivity index (χ1n) is 5.71. The Morgan fingerprint density at radius 1 is 1.25 bits per heavy atom. The largest absolute Gasteiger partial charge is 0.465 e. The van der Waals surface area contributed by atoms with Crippen molar-refractivity contribution in [1.82, 2.24) is 0 Å². The second-order valence-electron chi connectivity index (χ2n) is 4.05. The predicted octanol–water partition coefficient (Wildman–Crippen LogP) is 3.59. The summed E-state index contributed by atoms with van der Waals surface area (Å²) >= 11 is 5.82. The van der Waals surface area contributed by atoms with Gasteiger partial charge in [0.15, 0.2) is 0 Å². The van der Waals surface area contributed by atoms with Crippen LogP contribution in [0.25, 0.3) is 0 Å². The van der Waals surface area contributed by atoms with Crippen LogP contribution in [0.15, 0.2) is 36.4 Å². The molecule has 0 aromatic heterocycles. The van der Waals surface area contributed by atoms with Crippen molar-refractivity contribution in [2.45, 2.75) is 0 Å². The summed E-state index contributed by atoms with van der Waals surface area (Å²) in [4.78, 5) is 11.7. The van der Waals surface area contributed by atoms with Crippen molar-refractivity contribution < 1.29 is 13.9 Å². The van der Waals surface area contributed by atoms with Gasteiger partial charge in [-0.2, -0.15) is 0 Å². The number of nitrogens with one attached hydrogen (secondary N) is 1. The zero-order valence-electron chi connectivity index (χ0n) is 10.6. The lowest BCUT2D eigenvalue weighted by Crippen LogP contribution is -2.07. The lowest BCUT2D eigenvalue weighted by Gasteiger charge is -2.12. The van der Waals surface area contributed by atoms with Gasteiger partial charge < -0.3 is 15.8 Å². The van der Waals surface area contributed by atoms with Crippen LogP contribution in [-0.4, -0.2) is 13.1 Å². The molecule has 0 aliphatic carbocycles. The molecule has 4 nitrogen and oxygen atoms in total. The fraction of sp³-hybridized carbons (Fsp3) is 0.0714. The molecule has 0 aliphatic heterocycles. The summed E-state index contributed by atoms with van der Waals surface area (Å²) in [5, 5.41) is 3.19. The van der Waals surface area contributed by atoms with Crippen LogP contribution >= 0.6 is 11.6 Å². The van der Waals surface area contributed by atoms with Crippen LogP contribution < -0.4 is 11.1 Å². The highest BCUT2D eigenvalue weighted by Gasteiger charge is 2.14. The standard InChI is InChI=1S/C14H12ClFN2O2/c1-20-14(19)10-7-9(17)3-5-12(10)18-13-6-8(15)2-4-11(13)16/h2-7,18H,17H2,1H3. The number of esters is 1. The lowest BCUT2D eigenvalue weighted by atomic mass is 10.1. The fourth-order valence-electron chi connectivity index (χ4n) is 1.69. The van der Waals surface area contributed by atoms with Crippen LogP contribution in [0.1, 0.15) is 10.4 Å². The Morgan fingerprint density at radius 2 is 2.00 bits per heavy atom. The molecule has 0 saturated carbocycles. The van der Waals surface area contributed by atoms with Crippen molar-refractivity contribution in [3.63, 3.8) is 0 Å². The van der Waals surface area contributed by atoms with Gasteiger partial charge in [-0.15, -0.1) is 0 Å². The average Bonchev–Trinajstić information content (AvgIpc) is 2.43. The summed E-state index contributed by atoms with van der Waals surface area (Å²) in [7, 11) is 1.26. The van der Waals surface area contributed by atoms with Crippen LogP contribution in [0.3, 0.4) is 0 Å². The number of anilines is 3. The third kappa shape index (κ3) is 3.00. The van der Waals surface area contributed by atoms with E-state index in [2.05, 4.69) is 10.1 Å². The molecule has 0 aliphatic rings. The Labute approximate surface area is 120 Å². The molecular formula is C14H12ClFN2O2. The van der Waals surface area contributed by atoms with E-state index < -0.39 is 11.8 Å². The maximum atomic E-state index is 13.7. The Morgan fingerprint density at radius 3 is 2.70 bits per heavy atom. The van der Waals surface area contributed by atoms with Crippen molar-refractivity contribution in [3.05, 3.63) is 52.8 Å². The van der Waals surface area contributed by atoms with E-state index in [-0.39, 0.29) is 11.3 Å². The van der Waals surface area contributed by atoms with E-state index in [9.17, 15) is 9.18 Å². The molecule has 0 spiro atoms. The van der Waals surface area contributed by atoms with Gasteiger partial charge in [-0.1, -0.05) is 11.6 Å². The summed E-state index contributed by atoms with van der Waals surface area (Å²) in [6.07, 6.45) is 0. The molecule has 0 fully saturated rings. The molecular weight excluding hydrogens is 283 g/mol. The Hall–Kier alpha value is -2.27. The molecule has 104 valence electrons. The van der Waals surface area contributed by atoms with E-state index in [1.165, 1.54) is 31.4 Å². The first-order chi connectivity index (χ1) is 9.51. The van der Waals surface area contributed by atoms with Gasteiger partial charge in [-0.3, -0.25) is 0 Å². The van der Waals surface area contributed by atoms with Gasteiger partial charge in [0.05, 0.1) is 24.0 Å². The summed E-state index contributed by atoms with van der Waals surface area (Å²) in [5.41, 5.74) is 6.80. The Balaban J connectivity index is 2.43. The molecule has 6 heteroatoms. The van der Waals surface area contributed by atoms with Crippen molar-refractivity contribution in [2.24, 2.45) is 0 Å². The molecule has 0 heterocycles. The Kier molecular flexibility index (Phi) is 4.10. The quantitative estimate of drug-likeness (QED) is 0.671. The van der Waals surface area contributed by atoms with Crippen LogP contribution in [-0.2, 0) is 4.74 Å². The van der Waals surface area contributed by atoms with E-state index in [1.54, 1.807) is 12.1 Å². The van der Waals surface area contributed by atoms with Crippen molar-refractivity contribution in [1.29, 1.82) is 0 Å². The second-order valence-corrected chi connectivity index (χ2v) is 4.48. The van der Waals surface area contributed by atoms with Crippen molar-refractivity contribution in [2.75, 3.05) is 18.2 Å². The molecule has 0 saturated heterocycles. The minimum absolute atomic E-state index is 0.160. The third-order valence-electron chi connectivity index (χ3n) is 2.65. The highest BCUT2D eigenvalue weighted by Crippen LogP contribution is 2.27. The maximum absolute atomic E-state index is 13.7. The SMILES string of the molecule is COC(=O)c1cc(N)ccc1Nc1cc(Cl)ccc1F. The van der Waals surface area contributed by atoms with Crippen LogP contribution in [0.5, 0.6) is 0 Å². The van der Waals surface area contributed by atoms with Gasteiger partial charge in [0.25, 0.3) is 0 Å². The number of hydrogen-bond donors (Lipinski definition) is 2. The molecule has 0 unspecified atom stereocenters. The van der Waals surface area contributed by atoms with E-state index in [1.807, 2.05) is 0 Å². The number of ether oxygens (including phenoxy) is 1. The Bertz CT molecular complexity index is 662. The van der Waals surface area contributed by atoms with Gasteiger partial charge in [0.1, 0.15) is 5.82 Å². The molecule has 20 heavy (non-hydrogen) atoms. The monoisotopic (exact) mass is 294 g/mol. The zero-order valence-corrected chi connectivity index (χ0v) is 11.4. The third-order valence-corrected chi connectivity index (χ3v) is 2.88. The molecule has 3 N–H and O–H groups in total. The summed E-state index contributed by atoms with van der Waals surface area (Å²) in [6, 6.07) is 8.72. The second kappa shape index (κ2) is 5.79. The highest BCUT2D eigenvalue weighted by atomic mass is 35.5. The van der Waals surface area contributed by atoms with Crippen molar-refractivity contribution in [3.8, 4) is 0 Å². The highest BCUT2D eigenvalue weighted by molar-refractivity contribution is 6.30. The summed E-state index contributed by atoms with van der Waals surface area (Å²) in [5.74, 6) is -1.05. The smallest absolute Gasteiger partial charge is 0.340 e. The van der Waals surface area contributed by atoms with E-state index in [0.29, 0.717) is 16.4 Å². The minimum atomic E-state index is -0.567. The number of carbonyl (C=O) groups is 1. The maximum Gasteiger partial charge on any atom is 0.340 e. The molecule has 2 rings (SSSR count). The first-order valence-corrected chi connectivity index (χ1v) is 6.09. The van der Waals surface area contributed by atoms with E-state index in [4.69, 9.17) is 17.3 Å². The number of carbonyl (C=O) groups excluding carboxylic acids is 1. The average molecular weight is 295 g/mol. The molecule has 0 atom stereocenters. The van der Waals surface area contributed by atoms with Crippen LogP contribution in [0.4, 0.5) is 21.5 Å². The summed E-state index contributed by atoms with van der Waals surface area (Å²) < 4.78 is 18.4. The number of benzene rings is 2. The fourth-order valence-corrected chi connectivity index (χ4v) is 1.86. The molecule has 0 bridgehead atoms. The van der Waals surface area contributed by atoms with E-state index >= 15 is 0 Å². The van der Waals surface area contributed by atoms with Gasteiger partial charge in [-0.05, 0) is 36.4 Å². The number of rotatable bonds is 3. The number of nitrogens with two attached hydrogens (primary N) is 1.